The number of hydrogen-bond donors (Lipinski definition) is 1. The van der Waals surface area contributed by atoms with Crippen molar-refractivity contribution >= 4 is 0 Å². The molecule has 0 aliphatic heterocycles. The van der Waals surface area contributed by atoms with Gasteiger partial charge in [0.2, 0.25) is 0 Å². The van der Waals surface area contributed by atoms with Crippen LogP contribution in [-0.2, 0) is 0 Å². The molecule has 48 valence electrons. The number of H-pyrrole nitrogens is 1. The van der Waals surface area contributed by atoms with Crippen LogP contribution in [0.5, 0.6) is 0 Å². The fraction of sp³-hybridized carbons (Fsp3) is 0. The lowest BCUT2D eigenvalue weighted by atomic mass is 11.2. The predicted octanol–water partition coefficient (Wildman–Crippen LogP) is -1.39. The average Bonchev–Trinajstić information content (AvgIpc) is 2.13. The Hall–Kier alpha value is -1.66. The summed E-state index contributed by atoms with van der Waals surface area (Å²) in [5.74, 6) is 0. The van der Waals surface area contributed by atoms with Gasteiger partial charge < -0.3 is 0 Å². The van der Waals surface area contributed by atoms with Crippen LogP contribution in [-0.4, -0.2) is 19.9 Å². The van der Waals surface area contributed by atoms with Gasteiger partial charge in [0, 0.05) is 4.68 Å². The van der Waals surface area contributed by atoms with E-state index >= 15 is 0 Å². The van der Waals surface area contributed by atoms with Crippen LogP contribution in [0.25, 0.3) is 0 Å². The maximum atomic E-state index is 10.3. The van der Waals surface area contributed by atoms with E-state index in [2.05, 4.69) is 5.10 Å². The number of aromatic nitrogens is 3. The van der Waals surface area contributed by atoms with Crippen molar-refractivity contribution in [1.29, 1.82) is 0 Å². The molecule has 0 spiro atoms. The molecule has 0 bridgehead atoms. The minimum atomic E-state index is -0.869. The molecule has 7 heteroatoms. The predicted molar refractivity (Wildman–Crippen MR) is 25.2 cm³/mol. The van der Waals surface area contributed by atoms with Gasteiger partial charge in [0.15, 0.2) is 11.4 Å². The number of nitrogens with one attached hydrogen (secondary N) is 1. The minimum Gasteiger partial charge on any atom is -0.240 e. The van der Waals surface area contributed by atoms with Crippen LogP contribution in [0.1, 0.15) is 0 Å². The summed E-state index contributed by atoms with van der Waals surface area (Å²) in [6.45, 7) is 0. The number of nitro groups is 1. The zero-order valence-electron chi connectivity index (χ0n) is 4.14. The van der Waals surface area contributed by atoms with E-state index in [0.717, 1.165) is 6.33 Å². The lowest BCUT2D eigenvalue weighted by molar-refractivity contribution is -0.545. The van der Waals surface area contributed by atoms with Crippen LogP contribution >= 0.6 is 0 Å². The van der Waals surface area contributed by atoms with E-state index in [1.807, 2.05) is 5.10 Å². The molecular formula is C2H2N4O3. The molecule has 0 saturated carbocycles. The summed E-state index contributed by atoms with van der Waals surface area (Å²) in [4.78, 5) is 20.1. The highest BCUT2D eigenvalue weighted by molar-refractivity contribution is 4.54. The molecule has 0 radical (unpaired) electrons. The van der Waals surface area contributed by atoms with E-state index in [1.165, 1.54) is 0 Å². The van der Waals surface area contributed by atoms with Gasteiger partial charge in [-0.25, -0.2) is 20.0 Å². The zero-order chi connectivity index (χ0) is 6.85. The van der Waals surface area contributed by atoms with Crippen molar-refractivity contribution in [1.82, 2.24) is 14.9 Å². The van der Waals surface area contributed by atoms with Crippen LogP contribution in [0.3, 0.4) is 0 Å². The second-order valence-electron chi connectivity index (χ2n) is 1.24. The molecule has 9 heavy (non-hydrogen) atoms. The molecule has 0 unspecified atom stereocenters. The Labute approximate surface area is 48.0 Å². The normalized spacial score (nSPS) is 9.33. The van der Waals surface area contributed by atoms with E-state index in [0.29, 0.717) is 0 Å². The van der Waals surface area contributed by atoms with Crippen LogP contribution in [0.2, 0.25) is 0 Å². The van der Waals surface area contributed by atoms with Gasteiger partial charge >= 0.3 is 5.69 Å². The Kier molecular flexibility index (Phi) is 1.03. The molecule has 7 nitrogen and oxygen atoms in total. The molecule has 0 aliphatic rings. The van der Waals surface area contributed by atoms with Crippen molar-refractivity contribution in [2.45, 2.75) is 0 Å². The lowest BCUT2D eigenvalue weighted by Crippen LogP contribution is -2.22. The first-order valence-electron chi connectivity index (χ1n) is 1.98. The summed E-state index contributed by atoms with van der Waals surface area (Å²) < 4.78 is 0.250. The summed E-state index contributed by atoms with van der Waals surface area (Å²) in [5.41, 5.74) is -0.847. The quantitative estimate of drug-likeness (QED) is 0.374. The molecule has 1 aromatic heterocycles. The third kappa shape index (κ3) is 0.784. The molecular weight excluding hydrogens is 128 g/mol. The van der Waals surface area contributed by atoms with Gasteiger partial charge in [-0.05, 0) is 0 Å². The second kappa shape index (κ2) is 1.69. The molecule has 0 amide bonds. The summed E-state index contributed by atoms with van der Waals surface area (Å²) in [6, 6.07) is 0. The third-order valence-electron chi connectivity index (χ3n) is 0.711. The first kappa shape index (κ1) is 5.48. The smallest absolute Gasteiger partial charge is 0.240 e. The molecule has 1 aromatic rings. The minimum absolute atomic E-state index is 0.250. The Balaban J connectivity index is 3.24. The standard InChI is InChI=1S/C2H2N4O3/c7-2-4-3-1-5(2)6(8)9/h1H,(H,4,7). The summed E-state index contributed by atoms with van der Waals surface area (Å²) in [5, 5.41) is 13.9. The molecule has 0 fully saturated rings. The maximum absolute atomic E-state index is 10.3. The highest BCUT2D eigenvalue weighted by Crippen LogP contribution is 1.68. The SMILES string of the molecule is O=c1[nH]ncn1[N+](=O)[O-]. The van der Waals surface area contributed by atoms with Crippen LogP contribution in [0, 0.1) is 10.1 Å². The average molecular weight is 130 g/mol. The topological polar surface area (TPSA) is 93.8 Å². The van der Waals surface area contributed by atoms with Crippen LogP contribution < -0.4 is 5.69 Å². The Morgan fingerprint density at radius 3 is 2.78 bits per heavy atom. The van der Waals surface area contributed by atoms with Gasteiger partial charge in [-0.3, -0.25) is 0 Å². The number of nitrogens with zero attached hydrogens (tertiary/aromatic N) is 3. The zero-order valence-corrected chi connectivity index (χ0v) is 4.14. The van der Waals surface area contributed by atoms with E-state index in [4.69, 9.17) is 0 Å². The fourth-order valence-corrected chi connectivity index (χ4v) is 0.359. The highest BCUT2D eigenvalue weighted by atomic mass is 16.7. The van der Waals surface area contributed by atoms with Crippen LogP contribution in [0.15, 0.2) is 11.1 Å². The van der Waals surface area contributed by atoms with Crippen molar-refractivity contribution in [3.05, 3.63) is 26.9 Å². The summed E-state index contributed by atoms with van der Waals surface area (Å²) >= 11 is 0. The molecule has 1 heterocycles. The Morgan fingerprint density at radius 1 is 1.89 bits per heavy atom. The van der Waals surface area contributed by atoms with Crippen LogP contribution in [0.4, 0.5) is 0 Å². The van der Waals surface area contributed by atoms with Crippen molar-refractivity contribution in [2.24, 2.45) is 0 Å². The van der Waals surface area contributed by atoms with Gasteiger partial charge in [0.05, 0.1) is 0 Å². The Bertz CT molecular complexity index is 271. The number of rotatable bonds is 1. The van der Waals surface area contributed by atoms with E-state index in [1.54, 1.807) is 0 Å². The lowest BCUT2D eigenvalue weighted by Gasteiger charge is -1.79. The molecule has 0 aromatic carbocycles. The van der Waals surface area contributed by atoms with Gasteiger partial charge in [-0.15, -0.1) is 0 Å². The van der Waals surface area contributed by atoms with Gasteiger partial charge in [0.25, 0.3) is 0 Å². The van der Waals surface area contributed by atoms with E-state index in [9.17, 15) is 14.9 Å². The highest BCUT2D eigenvalue weighted by Gasteiger charge is 2.04. The van der Waals surface area contributed by atoms with Crippen molar-refractivity contribution < 1.29 is 5.03 Å². The van der Waals surface area contributed by atoms with Gasteiger partial charge in [0.1, 0.15) is 0 Å². The van der Waals surface area contributed by atoms with Gasteiger partial charge in [-0.2, -0.15) is 5.10 Å². The van der Waals surface area contributed by atoms with E-state index in [-0.39, 0.29) is 4.68 Å². The summed E-state index contributed by atoms with van der Waals surface area (Å²) in [7, 11) is 0. The first-order chi connectivity index (χ1) is 4.22. The molecule has 0 atom stereocenters. The van der Waals surface area contributed by atoms with Crippen molar-refractivity contribution in [3.63, 3.8) is 0 Å². The fourth-order valence-electron chi connectivity index (χ4n) is 0.359. The monoisotopic (exact) mass is 130 g/mol. The summed E-state index contributed by atoms with van der Waals surface area (Å²) in [6.07, 6.45) is 0.794. The van der Waals surface area contributed by atoms with Gasteiger partial charge in [-0.1, -0.05) is 0 Å². The molecule has 0 saturated heterocycles. The maximum Gasteiger partial charge on any atom is 0.402 e. The molecule has 1 N–H and O–H groups in total. The Morgan fingerprint density at radius 2 is 2.56 bits per heavy atom. The van der Waals surface area contributed by atoms with Crippen molar-refractivity contribution in [3.8, 4) is 0 Å². The third-order valence-corrected chi connectivity index (χ3v) is 0.711. The first-order valence-corrected chi connectivity index (χ1v) is 1.98. The van der Waals surface area contributed by atoms with Crippen molar-refractivity contribution in [2.75, 3.05) is 0 Å². The molecule has 1 rings (SSSR count). The molecule has 0 aliphatic carbocycles. The second-order valence-corrected chi connectivity index (χ2v) is 1.24. The number of aromatic amines is 1. The van der Waals surface area contributed by atoms with E-state index < -0.39 is 10.7 Å². The largest absolute Gasteiger partial charge is 0.402 e. The number of hydrogen-bond acceptors (Lipinski definition) is 4.